The molecule has 0 bridgehead atoms. The summed E-state index contributed by atoms with van der Waals surface area (Å²) in [6, 6.07) is 13.7. The number of benzene rings is 2. The zero-order valence-electron chi connectivity index (χ0n) is 22.3. The number of ether oxygens (including phenoxy) is 4. The third-order valence-corrected chi connectivity index (χ3v) is 6.80. The van der Waals surface area contributed by atoms with Gasteiger partial charge < -0.3 is 34.0 Å². The van der Waals surface area contributed by atoms with Gasteiger partial charge in [-0.25, -0.2) is 0 Å². The van der Waals surface area contributed by atoms with Crippen molar-refractivity contribution in [3.8, 4) is 17.5 Å². The summed E-state index contributed by atoms with van der Waals surface area (Å²) < 4.78 is 60.0. The summed E-state index contributed by atoms with van der Waals surface area (Å²) in [6.45, 7) is 4.65. The summed E-state index contributed by atoms with van der Waals surface area (Å²) in [6.07, 6.45) is 2.19. The van der Waals surface area contributed by atoms with E-state index >= 15 is 0 Å². The highest BCUT2D eigenvalue weighted by atomic mass is 19.4. The SMILES string of the molecule is CC1(COc2ccc(N3CCC(OCC=Cc4ccc(OC(F)(F)F)cc4)CC3)cc2)Cn2cc([N+](=O)[O-])nc2O1. The highest BCUT2D eigenvalue weighted by Crippen LogP contribution is 2.32. The summed E-state index contributed by atoms with van der Waals surface area (Å²) in [5.41, 5.74) is 1.17. The maximum Gasteiger partial charge on any atom is 0.573 e. The summed E-state index contributed by atoms with van der Waals surface area (Å²) in [5, 5.41) is 10.9. The van der Waals surface area contributed by atoms with Crippen LogP contribution in [0, 0.1) is 10.1 Å². The number of hydrogen-bond donors (Lipinski definition) is 0. The van der Waals surface area contributed by atoms with Gasteiger partial charge in [-0.3, -0.25) is 4.57 Å². The van der Waals surface area contributed by atoms with E-state index in [4.69, 9.17) is 14.2 Å². The fraction of sp³-hybridized carbons (Fsp3) is 0.393. The van der Waals surface area contributed by atoms with E-state index in [1.165, 1.54) is 18.3 Å². The van der Waals surface area contributed by atoms with E-state index in [-0.39, 0.29) is 30.3 Å². The van der Waals surface area contributed by atoms with Gasteiger partial charge in [0.25, 0.3) is 0 Å². The molecule has 10 nitrogen and oxygen atoms in total. The van der Waals surface area contributed by atoms with Crippen LogP contribution in [0.2, 0.25) is 0 Å². The van der Waals surface area contributed by atoms with E-state index in [2.05, 4.69) is 14.6 Å². The van der Waals surface area contributed by atoms with Crippen molar-refractivity contribution in [3.63, 3.8) is 0 Å². The van der Waals surface area contributed by atoms with Crippen molar-refractivity contribution >= 4 is 17.6 Å². The minimum Gasteiger partial charge on any atom is -0.489 e. The molecule has 3 heterocycles. The quantitative estimate of drug-likeness (QED) is 0.227. The first-order valence-electron chi connectivity index (χ1n) is 13.1. The normalized spacial score (nSPS) is 19.3. The molecular formula is C28H29F3N4O6. The molecule has 0 saturated carbocycles. The van der Waals surface area contributed by atoms with E-state index in [1.54, 1.807) is 22.8 Å². The van der Waals surface area contributed by atoms with Crippen LogP contribution in [-0.2, 0) is 11.3 Å². The van der Waals surface area contributed by atoms with Crippen LogP contribution in [0.15, 0.2) is 60.8 Å². The molecule has 0 radical (unpaired) electrons. The van der Waals surface area contributed by atoms with Gasteiger partial charge in [0, 0.05) is 23.8 Å². The molecule has 1 atom stereocenters. The Morgan fingerprint density at radius 3 is 2.44 bits per heavy atom. The average Bonchev–Trinajstić information content (AvgIpc) is 3.46. The Bertz CT molecular complexity index is 1340. The largest absolute Gasteiger partial charge is 0.573 e. The second-order valence-electron chi connectivity index (χ2n) is 10.1. The van der Waals surface area contributed by atoms with Crippen LogP contribution in [0.4, 0.5) is 24.7 Å². The molecule has 13 heteroatoms. The molecule has 0 amide bonds. The first-order chi connectivity index (χ1) is 19.6. The van der Waals surface area contributed by atoms with Crippen LogP contribution in [-0.4, -0.2) is 58.8 Å². The number of nitro groups is 1. The van der Waals surface area contributed by atoms with E-state index in [1.807, 2.05) is 37.3 Å². The Hall–Kier alpha value is -4.26. The fourth-order valence-corrected chi connectivity index (χ4v) is 4.78. The van der Waals surface area contributed by atoms with Crippen molar-refractivity contribution in [2.45, 2.75) is 44.4 Å². The Labute approximate surface area is 234 Å². The number of rotatable bonds is 10. The molecule has 3 aromatic rings. The van der Waals surface area contributed by atoms with E-state index in [0.717, 1.165) is 37.2 Å². The lowest BCUT2D eigenvalue weighted by Gasteiger charge is -2.33. The molecule has 1 aromatic heterocycles. The number of imidazole rings is 1. The second-order valence-corrected chi connectivity index (χ2v) is 10.1. The molecule has 2 aromatic carbocycles. The Morgan fingerprint density at radius 2 is 1.80 bits per heavy atom. The topological polar surface area (TPSA) is 101 Å². The number of piperidine rings is 1. The third-order valence-electron chi connectivity index (χ3n) is 6.80. The lowest BCUT2D eigenvalue weighted by Crippen LogP contribution is -2.38. The standard InChI is InChI=1S/C28H29F3N4O6/c1-27(18-34-17-25(35(36)37)32-26(34)41-27)19-39-22-10-6-21(7-11-22)33-14-12-23(13-15-33)38-16-2-3-20-4-8-24(9-5-20)40-28(29,30)31/h2-11,17,23H,12-16,18-19H2,1H3. The van der Waals surface area contributed by atoms with Crippen molar-refractivity contribution in [1.82, 2.24) is 9.55 Å². The number of anilines is 1. The molecule has 1 unspecified atom stereocenters. The van der Waals surface area contributed by atoms with Crippen molar-refractivity contribution in [1.29, 1.82) is 0 Å². The van der Waals surface area contributed by atoms with Gasteiger partial charge in [0.2, 0.25) is 0 Å². The number of fused-ring (bicyclic) bond motifs is 1. The maximum absolute atomic E-state index is 12.3. The highest BCUT2D eigenvalue weighted by Gasteiger charge is 2.41. The molecule has 1 fully saturated rings. The Morgan fingerprint density at radius 1 is 1.12 bits per heavy atom. The lowest BCUT2D eigenvalue weighted by atomic mass is 10.1. The molecule has 1 saturated heterocycles. The number of aromatic nitrogens is 2. The average molecular weight is 575 g/mol. The molecule has 0 aliphatic carbocycles. The van der Waals surface area contributed by atoms with Gasteiger partial charge in [-0.15, -0.1) is 13.2 Å². The Balaban J connectivity index is 1.01. The predicted octanol–water partition coefficient (Wildman–Crippen LogP) is 5.62. The van der Waals surface area contributed by atoms with Crippen LogP contribution in [0.5, 0.6) is 17.5 Å². The first-order valence-corrected chi connectivity index (χ1v) is 13.1. The van der Waals surface area contributed by atoms with Crippen molar-refractivity contribution in [3.05, 3.63) is 76.5 Å². The van der Waals surface area contributed by atoms with Crippen LogP contribution < -0.4 is 19.1 Å². The summed E-state index contributed by atoms with van der Waals surface area (Å²) in [4.78, 5) is 16.5. The van der Waals surface area contributed by atoms with Gasteiger partial charge in [0.05, 0.1) is 19.3 Å². The van der Waals surface area contributed by atoms with E-state index < -0.39 is 16.9 Å². The zero-order chi connectivity index (χ0) is 29.0. The minimum atomic E-state index is -4.70. The van der Waals surface area contributed by atoms with E-state index in [9.17, 15) is 23.3 Å². The predicted molar refractivity (Wildman–Crippen MR) is 143 cm³/mol. The molecule has 0 spiro atoms. The summed E-state index contributed by atoms with van der Waals surface area (Å²) in [7, 11) is 0. The fourth-order valence-electron chi connectivity index (χ4n) is 4.78. The van der Waals surface area contributed by atoms with Crippen LogP contribution in [0.25, 0.3) is 6.08 Å². The van der Waals surface area contributed by atoms with Crippen molar-refractivity contribution < 1.29 is 37.0 Å². The second kappa shape index (κ2) is 11.7. The van der Waals surface area contributed by atoms with Gasteiger partial charge in [-0.2, -0.15) is 0 Å². The van der Waals surface area contributed by atoms with Crippen molar-refractivity contribution in [2.24, 2.45) is 0 Å². The Kier molecular flexibility index (Phi) is 8.06. The van der Waals surface area contributed by atoms with Gasteiger partial charge in [-0.05, 0) is 66.7 Å². The van der Waals surface area contributed by atoms with Crippen molar-refractivity contribution in [2.75, 3.05) is 31.2 Å². The first kappa shape index (κ1) is 28.3. The number of nitrogens with zero attached hydrogens (tertiary/aromatic N) is 4. The molecule has 218 valence electrons. The molecule has 2 aliphatic heterocycles. The van der Waals surface area contributed by atoms with E-state index in [0.29, 0.717) is 18.9 Å². The lowest BCUT2D eigenvalue weighted by molar-refractivity contribution is -0.389. The molecule has 0 N–H and O–H groups in total. The van der Waals surface area contributed by atoms with Gasteiger partial charge >= 0.3 is 18.2 Å². The van der Waals surface area contributed by atoms with Crippen LogP contribution in [0.3, 0.4) is 0 Å². The third kappa shape index (κ3) is 7.48. The molecule has 2 aliphatic rings. The molecule has 41 heavy (non-hydrogen) atoms. The monoisotopic (exact) mass is 574 g/mol. The van der Waals surface area contributed by atoms with Crippen LogP contribution >= 0.6 is 0 Å². The zero-order valence-corrected chi connectivity index (χ0v) is 22.3. The minimum absolute atomic E-state index is 0.129. The van der Waals surface area contributed by atoms with Gasteiger partial charge in [-0.1, -0.05) is 24.3 Å². The summed E-state index contributed by atoms with van der Waals surface area (Å²) in [5.74, 6) is 0.205. The maximum atomic E-state index is 12.3. The van der Waals surface area contributed by atoms with Gasteiger partial charge in [0.1, 0.15) is 24.3 Å². The van der Waals surface area contributed by atoms with Gasteiger partial charge in [0.15, 0.2) is 5.60 Å². The number of halogens is 3. The molecular weight excluding hydrogens is 545 g/mol. The molecule has 5 rings (SSSR count). The number of alkyl halides is 3. The number of hydrogen-bond acceptors (Lipinski definition) is 8. The summed E-state index contributed by atoms with van der Waals surface area (Å²) >= 11 is 0. The smallest absolute Gasteiger partial charge is 0.489 e. The van der Waals surface area contributed by atoms with Crippen LogP contribution in [0.1, 0.15) is 25.3 Å². The highest BCUT2D eigenvalue weighted by molar-refractivity contribution is 5.51.